The molecule has 0 N–H and O–H groups in total. The van der Waals surface area contributed by atoms with Gasteiger partial charge in [-0.3, -0.25) is 0 Å². The molecule has 112 valence electrons. The highest BCUT2D eigenvalue weighted by Gasteiger charge is 2.23. The van der Waals surface area contributed by atoms with Gasteiger partial charge in [0.15, 0.2) is 5.75 Å². The van der Waals surface area contributed by atoms with Crippen molar-refractivity contribution < 1.29 is 9.47 Å². The number of hydrogen-bond acceptors (Lipinski definition) is 8. The summed E-state index contributed by atoms with van der Waals surface area (Å²) in [5, 5.41) is 0.992. The van der Waals surface area contributed by atoms with E-state index in [1.807, 2.05) is 6.92 Å². The van der Waals surface area contributed by atoms with Gasteiger partial charge < -0.3 is 14.4 Å². The summed E-state index contributed by atoms with van der Waals surface area (Å²) in [4.78, 5) is 14.9. The van der Waals surface area contributed by atoms with Crippen LogP contribution in [0, 0.1) is 6.92 Å². The highest BCUT2D eigenvalue weighted by molar-refractivity contribution is 7.09. The molecule has 0 aliphatic carbocycles. The van der Waals surface area contributed by atoms with Gasteiger partial charge in [-0.2, -0.15) is 14.3 Å². The van der Waals surface area contributed by atoms with Crippen LogP contribution in [0.15, 0.2) is 12.4 Å². The van der Waals surface area contributed by atoms with Crippen LogP contribution >= 0.6 is 11.5 Å². The molecule has 3 rings (SSSR count). The predicted octanol–water partition coefficient (Wildman–Crippen LogP) is 1.69. The van der Waals surface area contributed by atoms with Gasteiger partial charge in [0, 0.05) is 37.5 Å². The maximum Gasteiger partial charge on any atom is 0.316 e. The molecule has 1 fully saturated rings. The van der Waals surface area contributed by atoms with Gasteiger partial charge in [-0.25, -0.2) is 4.98 Å². The topological polar surface area (TPSA) is 73.3 Å². The fourth-order valence-corrected chi connectivity index (χ4v) is 2.92. The zero-order valence-electron chi connectivity index (χ0n) is 12.0. The first-order valence-electron chi connectivity index (χ1n) is 6.82. The van der Waals surface area contributed by atoms with Crippen molar-refractivity contribution in [1.29, 1.82) is 0 Å². The number of piperidine rings is 1. The first kappa shape index (κ1) is 14.0. The lowest BCUT2D eigenvalue weighted by molar-refractivity contribution is 0.156. The number of ether oxygens (including phenoxy) is 2. The second-order valence-electron chi connectivity index (χ2n) is 4.83. The van der Waals surface area contributed by atoms with Crippen LogP contribution in [-0.2, 0) is 0 Å². The van der Waals surface area contributed by atoms with Gasteiger partial charge in [-0.15, -0.1) is 0 Å². The van der Waals surface area contributed by atoms with Crippen LogP contribution in [0.25, 0.3) is 0 Å². The lowest BCUT2D eigenvalue weighted by Crippen LogP contribution is -2.38. The molecule has 0 atom stereocenters. The molecule has 0 spiro atoms. The third-order valence-electron chi connectivity index (χ3n) is 3.34. The van der Waals surface area contributed by atoms with Crippen molar-refractivity contribution in [2.45, 2.75) is 25.9 Å². The maximum atomic E-state index is 5.81. The Balaban J connectivity index is 1.53. The Labute approximate surface area is 127 Å². The van der Waals surface area contributed by atoms with E-state index in [1.165, 1.54) is 11.5 Å². The monoisotopic (exact) mass is 307 g/mol. The summed E-state index contributed by atoms with van der Waals surface area (Å²) in [5.74, 6) is 1.46. The Kier molecular flexibility index (Phi) is 4.14. The highest BCUT2D eigenvalue weighted by atomic mass is 32.1. The van der Waals surface area contributed by atoms with Gasteiger partial charge in [0.25, 0.3) is 0 Å². The van der Waals surface area contributed by atoms with E-state index in [-0.39, 0.29) is 6.10 Å². The Morgan fingerprint density at radius 2 is 1.95 bits per heavy atom. The first-order valence-corrected chi connectivity index (χ1v) is 7.60. The summed E-state index contributed by atoms with van der Waals surface area (Å²) in [7, 11) is 1.59. The summed E-state index contributed by atoms with van der Waals surface area (Å²) >= 11 is 1.45. The number of hydrogen-bond donors (Lipinski definition) is 0. The summed E-state index contributed by atoms with van der Waals surface area (Å²) in [6.45, 7) is 3.74. The van der Waals surface area contributed by atoms with Crippen LogP contribution in [-0.4, -0.2) is 45.6 Å². The van der Waals surface area contributed by atoms with Crippen molar-refractivity contribution in [3.05, 3.63) is 18.2 Å². The molecule has 21 heavy (non-hydrogen) atoms. The molecule has 8 heteroatoms. The summed E-state index contributed by atoms with van der Waals surface area (Å²) in [6, 6.07) is 0.404. The third-order valence-corrected chi connectivity index (χ3v) is 4.21. The van der Waals surface area contributed by atoms with Gasteiger partial charge in [0.05, 0.1) is 19.5 Å². The van der Waals surface area contributed by atoms with E-state index in [0.717, 1.165) is 36.9 Å². The van der Waals surface area contributed by atoms with E-state index >= 15 is 0 Å². The molecule has 0 radical (unpaired) electrons. The van der Waals surface area contributed by atoms with Gasteiger partial charge in [0.2, 0.25) is 5.13 Å². The summed E-state index contributed by atoms with van der Waals surface area (Å²) in [6.07, 6.45) is 5.22. The Morgan fingerprint density at radius 1 is 1.24 bits per heavy atom. The molecule has 1 aliphatic heterocycles. The van der Waals surface area contributed by atoms with Crippen molar-refractivity contribution >= 4 is 16.7 Å². The van der Waals surface area contributed by atoms with Crippen LogP contribution in [0.3, 0.4) is 0 Å². The average molecular weight is 307 g/mol. The first-order chi connectivity index (χ1) is 10.2. The lowest BCUT2D eigenvalue weighted by atomic mass is 10.1. The number of methoxy groups -OCH3 is 1. The van der Waals surface area contributed by atoms with E-state index in [9.17, 15) is 0 Å². The second-order valence-corrected chi connectivity index (χ2v) is 5.56. The summed E-state index contributed by atoms with van der Waals surface area (Å²) < 4.78 is 15.1. The van der Waals surface area contributed by atoms with Gasteiger partial charge in [0.1, 0.15) is 11.9 Å². The molecule has 2 aromatic rings. The summed E-state index contributed by atoms with van der Waals surface area (Å²) in [5.41, 5.74) is 0. The van der Waals surface area contributed by atoms with Crippen molar-refractivity contribution in [3.63, 3.8) is 0 Å². The molecule has 0 bridgehead atoms. The smallest absolute Gasteiger partial charge is 0.316 e. The molecule has 1 saturated heterocycles. The SMILES string of the molecule is COc1cnc(OC2CCN(c3nc(C)ns3)CC2)nc1. The minimum Gasteiger partial charge on any atom is -0.494 e. The van der Waals surface area contributed by atoms with Gasteiger partial charge >= 0.3 is 6.01 Å². The Hall–Kier alpha value is -1.96. The van der Waals surface area contributed by atoms with E-state index < -0.39 is 0 Å². The van der Waals surface area contributed by atoms with Crippen LogP contribution < -0.4 is 14.4 Å². The molecule has 0 unspecified atom stereocenters. The van der Waals surface area contributed by atoms with Gasteiger partial charge in [-0.1, -0.05) is 0 Å². The molecule has 3 heterocycles. The number of nitrogens with zero attached hydrogens (tertiary/aromatic N) is 5. The molecule has 0 aromatic carbocycles. The van der Waals surface area contributed by atoms with Crippen molar-refractivity contribution in [2.75, 3.05) is 25.1 Å². The Bertz CT molecular complexity index is 581. The van der Waals surface area contributed by atoms with Crippen LogP contribution in [0.1, 0.15) is 18.7 Å². The second kappa shape index (κ2) is 6.21. The molecular weight excluding hydrogens is 290 g/mol. The zero-order chi connectivity index (χ0) is 14.7. The van der Waals surface area contributed by atoms with E-state index in [1.54, 1.807) is 19.5 Å². The number of anilines is 1. The molecule has 0 saturated carbocycles. The number of rotatable bonds is 4. The molecule has 0 amide bonds. The molecule has 2 aromatic heterocycles. The van der Waals surface area contributed by atoms with Crippen LogP contribution in [0.2, 0.25) is 0 Å². The van der Waals surface area contributed by atoms with Crippen LogP contribution in [0.5, 0.6) is 11.8 Å². The fraction of sp³-hybridized carbons (Fsp3) is 0.538. The normalized spacial score (nSPS) is 16.0. The van der Waals surface area contributed by atoms with E-state index in [4.69, 9.17) is 9.47 Å². The fourth-order valence-electron chi connectivity index (χ4n) is 2.20. The van der Waals surface area contributed by atoms with Crippen LogP contribution in [0.4, 0.5) is 5.13 Å². The van der Waals surface area contributed by atoms with Gasteiger partial charge in [-0.05, 0) is 6.92 Å². The molecule has 7 nitrogen and oxygen atoms in total. The maximum absolute atomic E-state index is 5.81. The lowest BCUT2D eigenvalue weighted by Gasteiger charge is -2.31. The minimum atomic E-state index is 0.142. The van der Waals surface area contributed by atoms with E-state index in [0.29, 0.717) is 11.8 Å². The number of aryl methyl sites for hydroxylation is 1. The molecule has 1 aliphatic rings. The largest absolute Gasteiger partial charge is 0.494 e. The third kappa shape index (κ3) is 3.38. The zero-order valence-corrected chi connectivity index (χ0v) is 12.8. The average Bonchev–Trinajstić information content (AvgIpc) is 2.95. The van der Waals surface area contributed by atoms with Crippen molar-refractivity contribution in [1.82, 2.24) is 19.3 Å². The standard InChI is InChI=1S/C13H17N5O2S/c1-9-16-13(21-17-9)18-5-3-10(4-6-18)20-12-14-7-11(19-2)8-15-12/h7-8,10H,3-6H2,1-2H3. The van der Waals surface area contributed by atoms with E-state index in [2.05, 4.69) is 24.2 Å². The predicted molar refractivity (Wildman–Crippen MR) is 79.1 cm³/mol. The van der Waals surface area contributed by atoms with Crippen molar-refractivity contribution in [2.24, 2.45) is 0 Å². The quantitative estimate of drug-likeness (QED) is 0.851. The highest BCUT2D eigenvalue weighted by Crippen LogP contribution is 2.23. The van der Waals surface area contributed by atoms with Crippen molar-refractivity contribution in [3.8, 4) is 11.8 Å². The number of aromatic nitrogens is 4. The minimum absolute atomic E-state index is 0.142. The molecular formula is C13H17N5O2S. The Morgan fingerprint density at radius 3 is 2.52 bits per heavy atom.